The molecule has 2 aromatic carbocycles. The van der Waals surface area contributed by atoms with Crippen LogP contribution in [-0.4, -0.2) is 28.8 Å². The van der Waals surface area contributed by atoms with Gasteiger partial charge >= 0.3 is 11.9 Å². The van der Waals surface area contributed by atoms with Crippen molar-refractivity contribution < 1.29 is 23.5 Å². The van der Waals surface area contributed by atoms with E-state index in [9.17, 15) is 14.0 Å². The highest BCUT2D eigenvalue weighted by atomic mass is 35.5. The molecule has 0 aliphatic carbocycles. The number of carbonyl (C=O) groups excluding carboxylic acids is 2. The Bertz CT molecular complexity index is 1010. The molecule has 0 saturated heterocycles. The number of esters is 2. The first-order valence-corrected chi connectivity index (χ1v) is 8.64. The number of halogens is 2. The Balaban J connectivity index is 1.74. The van der Waals surface area contributed by atoms with E-state index in [-0.39, 0.29) is 23.1 Å². The lowest BCUT2D eigenvalue weighted by atomic mass is 10.1. The molecule has 0 atom stereocenters. The van der Waals surface area contributed by atoms with E-state index in [1.54, 1.807) is 31.2 Å². The molecule has 0 radical (unpaired) electrons. The zero-order valence-corrected chi connectivity index (χ0v) is 15.9. The van der Waals surface area contributed by atoms with Crippen molar-refractivity contribution in [3.63, 3.8) is 0 Å². The van der Waals surface area contributed by atoms with E-state index in [4.69, 9.17) is 16.3 Å². The number of aromatic nitrogens is 2. The van der Waals surface area contributed by atoms with Gasteiger partial charge in [-0.05, 0) is 48.9 Å². The first-order chi connectivity index (χ1) is 13.4. The summed E-state index contributed by atoms with van der Waals surface area (Å²) in [7, 11) is 1.30. The van der Waals surface area contributed by atoms with E-state index in [0.29, 0.717) is 22.5 Å². The van der Waals surface area contributed by atoms with Gasteiger partial charge in [-0.1, -0.05) is 23.7 Å². The number of nitrogens with zero attached hydrogens (tertiary/aromatic N) is 2. The van der Waals surface area contributed by atoms with Crippen LogP contribution in [0.1, 0.15) is 32.0 Å². The maximum absolute atomic E-state index is 13.1. The molecule has 0 fully saturated rings. The lowest BCUT2D eigenvalue weighted by Crippen LogP contribution is -2.07. The Morgan fingerprint density at radius 1 is 1.07 bits per heavy atom. The molecule has 6 nitrogen and oxygen atoms in total. The van der Waals surface area contributed by atoms with Crippen molar-refractivity contribution >= 4 is 23.5 Å². The van der Waals surface area contributed by atoms with Crippen LogP contribution in [0.2, 0.25) is 5.15 Å². The fourth-order valence-corrected chi connectivity index (χ4v) is 2.91. The first-order valence-electron chi connectivity index (χ1n) is 8.26. The summed E-state index contributed by atoms with van der Waals surface area (Å²) in [5.74, 6) is -1.46. The SMILES string of the molecule is COC(=O)c1ccc(COC(=O)c2c(C)nn(-c3ccc(F)cc3)c2Cl)cc1. The highest BCUT2D eigenvalue weighted by Crippen LogP contribution is 2.25. The van der Waals surface area contributed by atoms with E-state index in [0.717, 1.165) is 0 Å². The topological polar surface area (TPSA) is 70.4 Å². The van der Waals surface area contributed by atoms with Crippen LogP contribution in [0.25, 0.3) is 5.69 Å². The summed E-state index contributed by atoms with van der Waals surface area (Å²) in [4.78, 5) is 23.9. The lowest BCUT2D eigenvalue weighted by Gasteiger charge is -2.06. The molecule has 0 unspecified atom stereocenters. The Labute approximate surface area is 165 Å². The summed E-state index contributed by atoms with van der Waals surface area (Å²) in [5.41, 5.74) is 2.14. The van der Waals surface area contributed by atoms with Crippen molar-refractivity contribution in [3.05, 3.63) is 81.9 Å². The smallest absolute Gasteiger partial charge is 0.343 e. The average molecular weight is 403 g/mol. The molecule has 0 spiro atoms. The Morgan fingerprint density at radius 2 is 1.71 bits per heavy atom. The monoisotopic (exact) mass is 402 g/mol. The standard InChI is InChI=1S/C20H16ClFN2O4/c1-12-17(18(21)24(23-12)16-9-7-15(22)8-10-16)20(26)28-11-13-3-5-14(6-4-13)19(25)27-2/h3-10H,11H2,1-2H3. The molecule has 3 rings (SSSR count). The summed E-state index contributed by atoms with van der Waals surface area (Å²) >= 11 is 6.31. The number of rotatable bonds is 5. The van der Waals surface area contributed by atoms with E-state index in [1.807, 2.05) is 0 Å². The molecule has 0 amide bonds. The number of benzene rings is 2. The Kier molecular flexibility index (Phi) is 5.75. The van der Waals surface area contributed by atoms with E-state index in [2.05, 4.69) is 9.84 Å². The predicted octanol–water partition coefficient (Wildman–Crippen LogP) is 4.12. The quantitative estimate of drug-likeness (QED) is 0.600. The van der Waals surface area contributed by atoms with E-state index >= 15 is 0 Å². The first kappa shape index (κ1) is 19.6. The fraction of sp³-hybridized carbons (Fsp3) is 0.150. The minimum atomic E-state index is -0.632. The second kappa shape index (κ2) is 8.22. The summed E-state index contributed by atoms with van der Waals surface area (Å²) < 4.78 is 24.4. The summed E-state index contributed by atoms with van der Waals surface area (Å²) in [6.07, 6.45) is 0. The predicted molar refractivity (Wildman–Crippen MR) is 100 cm³/mol. The van der Waals surface area contributed by atoms with Crippen molar-refractivity contribution in [2.45, 2.75) is 13.5 Å². The number of hydrogen-bond acceptors (Lipinski definition) is 5. The van der Waals surface area contributed by atoms with Crippen LogP contribution in [0.4, 0.5) is 4.39 Å². The molecule has 0 N–H and O–H groups in total. The van der Waals surface area contributed by atoms with Crippen molar-refractivity contribution in [3.8, 4) is 5.69 Å². The molecule has 0 aliphatic heterocycles. The van der Waals surface area contributed by atoms with E-state index < -0.39 is 11.9 Å². The number of aryl methyl sites for hydroxylation is 1. The zero-order chi connectivity index (χ0) is 20.3. The van der Waals surface area contributed by atoms with Gasteiger partial charge in [-0.25, -0.2) is 18.7 Å². The van der Waals surface area contributed by atoms with Crippen molar-refractivity contribution in [2.24, 2.45) is 0 Å². The second-order valence-electron chi connectivity index (χ2n) is 5.90. The van der Waals surface area contributed by atoms with Crippen LogP contribution in [0, 0.1) is 12.7 Å². The molecule has 0 bridgehead atoms. The van der Waals surface area contributed by atoms with Gasteiger partial charge in [-0.15, -0.1) is 0 Å². The lowest BCUT2D eigenvalue weighted by molar-refractivity contribution is 0.0470. The highest BCUT2D eigenvalue weighted by Gasteiger charge is 2.22. The number of ether oxygens (including phenoxy) is 2. The van der Waals surface area contributed by atoms with Crippen LogP contribution in [0.15, 0.2) is 48.5 Å². The largest absolute Gasteiger partial charge is 0.465 e. The number of hydrogen-bond donors (Lipinski definition) is 0. The third kappa shape index (κ3) is 4.04. The number of methoxy groups -OCH3 is 1. The average Bonchev–Trinajstić information content (AvgIpc) is 3.00. The van der Waals surface area contributed by atoms with Crippen molar-refractivity contribution in [1.29, 1.82) is 0 Å². The molecule has 1 aromatic heterocycles. The molecule has 0 aliphatic rings. The summed E-state index contributed by atoms with van der Waals surface area (Å²) in [5, 5.41) is 4.32. The normalized spacial score (nSPS) is 10.6. The van der Waals surface area contributed by atoms with Crippen molar-refractivity contribution in [1.82, 2.24) is 9.78 Å². The molecule has 3 aromatic rings. The van der Waals surface area contributed by atoms with Gasteiger partial charge in [-0.2, -0.15) is 5.10 Å². The second-order valence-corrected chi connectivity index (χ2v) is 6.26. The third-order valence-corrected chi connectivity index (χ3v) is 4.37. The summed E-state index contributed by atoms with van der Waals surface area (Å²) in [6.45, 7) is 1.63. The number of carbonyl (C=O) groups is 2. The Hall–Kier alpha value is -3.19. The molecule has 144 valence electrons. The van der Waals surface area contributed by atoms with Crippen LogP contribution in [0.3, 0.4) is 0 Å². The van der Waals surface area contributed by atoms with Gasteiger partial charge in [0.1, 0.15) is 23.1 Å². The van der Waals surface area contributed by atoms with Gasteiger partial charge in [0.15, 0.2) is 0 Å². The van der Waals surface area contributed by atoms with Crippen LogP contribution in [-0.2, 0) is 16.1 Å². The highest BCUT2D eigenvalue weighted by molar-refractivity contribution is 6.33. The van der Waals surface area contributed by atoms with Crippen molar-refractivity contribution in [2.75, 3.05) is 7.11 Å². The minimum absolute atomic E-state index is 0.00220. The minimum Gasteiger partial charge on any atom is -0.465 e. The molecule has 8 heteroatoms. The molecular weight excluding hydrogens is 387 g/mol. The maximum atomic E-state index is 13.1. The van der Waals surface area contributed by atoms with Gasteiger partial charge in [0.25, 0.3) is 0 Å². The summed E-state index contributed by atoms with van der Waals surface area (Å²) in [6, 6.07) is 12.1. The molecule has 1 heterocycles. The van der Waals surface area contributed by atoms with Gasteiger partial charge in [-0.3, -0.25) is 0 Å². The van der Waals surface area contributed by atoms with Gasteiger partial charge in [0, 0.05) is 0 Å². The molecule has 28 heavy (non-hydrogen) atoms. The molecular formula is C20H16ClFN2O4. The van der Waals surface area contributed by atoms with E-state index in [1.165, 1.54) is 36.1 Å². The van der Waals surface area contributed by atoms with Gasteiger partial charge in [0.2, 0.25) is 0 Å². The van der Waals surface area contributed by atoms with Crippen LogP contribution in [0.5, 0.6) is 0 Å². The third-order valence-electron chi connectivity index (χ3n) is 4.02. The van der Waals surface area contributed by atoms with Gasteiger partial charge < -0.3 is 9.47 Å². The van der Waals surface area contributed by atoms with Crippen LogP contribution < -0.4 is 0 Å². The zero-order valence-electron chi connectivity index (χ0n) is 15.1. The van der Waals surface area contributed by atoms with Crippen LogP contribution >= 0.6 is 11.6 Å². The fourth-order valence-electron chi connectivity index (χ4n) is 2.56. The Morgan fingerprint density at radius 3 is 2.32 bits per heavy atom. The maximum Gasteiger partial charge on any atom is 0.343 e. The van der Waals surface area contributed by atoms with Gasteiger partial charge in [0.05, 0.1) is 24.1 Å². The molecule has 0 saturated carbocycles.